The highest BCUT2D eigenvalue weighted by Gasteiger charge is 2.34. The molecular formula is C22H23N3O3. The Hall–Kier alpha value is -3.33. The van der Waals surface area contributed by atoms with E-state index in [0.717, 1.165) is 11.1 Å². The molecule has 0 bridgehead atoms. The lowest BCUT2D eigenvalue weighted by Gasteiger charge is -2.29. The van der Waals surface area contributed by atoms with Crippen molar-refractivity contribution in [2.24, 2.45) is 5.92 Å². The topological polar surface area (TPSA) is 91.2 Å². The third kappa shape index (κ3) is 4.15. The van der Waals surface area contributed by atoms with Crippen LogP contribution in [0.2, 0.25) is 0 Å². The Bertz CT molecular complexity index is 872. The number of nitrogens with one attached hydrogen (secondary N) is 2. The quantitative estimate of drug-likeness (QED) is 0.757. The molecule has 0 saturated heterocycles. The minimum atomic E-state index is -0.706. The average molecular weight is 377 g/mol. The van der Waals surface area contributed by atoms with Crippen molar-refractivity contribution in [2.75, 3.05) is 6.54 Å². The minimum absolute atomic E-state index is 0.0910. The number of hydrogen-bond donors (Lipinski definition) is 2. The summed E-state index contributed by atoms with van der Waals surface area (Å²) in [5.41, 5.74) is 1.53. The maximum atomic E-state index is 13.3. The summed E-state index contributed by atoms with van der Waals surface area (Å²) in [5.74, 6) is 0.288. The number of para-hydroxylation sites is 2. The van der Waals surface area contributed by atoms with Gasteiger partial charge in [0.1, 0.15) is 24.1 Å². The number of fused-ring (bicyclic) bond motifs is 2. The van der Waals surface area contributed by atoms with Crippen molar-refractivity contribution in [1.29, 1.82) is 5.26 Å². The number of carbonyl (C=O) groups is 2. The van der Waals surface area contributed by atoms with E-state index in [2.05, 4.69) is 10.6 Å². The summed E-state index contributed by atoms with van der Waals surface area (Å²) in [5, 5.41) is 14.2. The van der Waals surface area contributed by atoms with Crippen LogP contribution in [0, 0.1) is 17.2 Å². The molecule has 2 N–H and O–H groups in total. The number of nitrogens with zero attached hydrogens (tertiary/aromatic N) is 1. The zero-order valence-corrected chi connectivity index (χ0v) is 15.9. The number of benzene rings is 2. The lowest BCUT2D eigenvalue weighted by Crippen LogP contribution is -2.49. The largest absolute Gasteiger partial charge is 0.457 e. The van der Waals surface area contributed by atoms with E-state index in [1.165, 1.54) is 0 Å². The second kappa shape index (κ2) is 8.57. The van der Waals surface area contributed by atoms with Gasteiger partial charge in [0.2, 0.25) is 11.8 Å². The van der Waals surface area contributed by atoms with Crippen LogP contribution in [0.4, 0.5) is 0 Å². The molecule has 6 nitrogen and oxygen atoms in total. The van der Waals surface area contributed by atoms with Crippen molar-refractivity contribution < 1.29 is 14.3 Å². The number of ether oxygens (including phenoxy) is 1. The summed E-state index contributed by atoms with van der Waals surface area (Å²) in [7, 11) is 0. The second-order valence-corrected chi connectivity index (χ2v) is 7.18. The van der Waals surface area contributed by atoms with Crippen LogP contribution in [-0.4, -0.2) is 24.4 Å². The molecule has 6 heteroatoms. The molecule has 0 radical (unpaired) electrons. The van der Waals surface area contributed by atoms with Crippen molar-refractivity contribution in [2.45, 2.75) is 32.2 Å². The van der Waals surface area contributed by atoms with Gasteiger partial charge in [-0.2, -0.15) is 5.26 Å². The molecule has 1 aliphatic heterocycles. The number of hydrogen-bond acceptors (Lipinski definition) is 4. The molecule has 1 atom stereocenters. The van der Waals surface area contributed by atoms with Crippen LogP contribution < -0.4 is 15.4 Å². The summed E-state index contributed by atoms with van der Waals surface area (Å²) in [6.07, 6.45) is 0.482. The Morgan fingerprint density at radius 3 is 2.18 bits per heavy atom. The van der Waals surface area contributed by atoms with Gasteiger partial charge in [0.05, 0.1) is 12.0 Å². The highest BCUT2D eigenvalue weighted by Crippen LogP contribution is 2.43. The summed E-state index contributed by atoms with van der Waals surface area (Å²) in [6.45, 7) is 3.87. The maximum Gasteiger partial charge on any atom is 0.243 e. The van der Waals surface area contributed by atoms with E-state index >= 15 is 0 Å². The van der Waals surface area contributed by atoms with Crippen molar-refractivity contribution >= 4 is 11.8 Å². The van der Waals surface area contributed by atoms with Gasteiger partial charge in [-0.1, -0.05) is 50.2 Å². The van der Waals surface area contributed by atoms with Crippen LogP contribution in [0.5, 0.6) is 11.5 Å². The minimum Gasteiger partial charge on any atom is -0.457 e. The van der Waals surface area contributed by atoms with E-state index in [0.29, 0.717) is 17.9 Å². The van der Waals surface area contributed by atoms with Gasteiger partial charge in [-0.15, -0.1) is 0 Å². The first-order valence-corrected chi connectivity index (χ1v) is 9.32. The third-order valence-corrected chi connectivity index (χ3v) is 4.62. The molecule has 2 aromatic carbocycles. The molecule has 0 aliphatic carbocycles. The van der Waals surface area contributed by atoms with E-state index < -0.39 is 12.0 Å². The smallest absolute Gasteiger partial charge is 0.243 e. The van der Waals surface area contributed by atoms with Crippen molar-refractivity contribution in [3.8, 4) is 17.6 Å². The molecule has 144 valence electrons. The molecule has 1 heterocycles. The number of amides is 2. The van der Waals surface area contributed by atoms with Crippen LogP contribution >= 0.6 is 0 Å². The van der Waals surface area contributed by atoms with Gasteiger partial charge in [-0.05, 0) is 24.5 Å². The van der Waals surface area contributed by atoms with E-state index in [1.54, 1.807) is 0 Å². The Balaban J connectivity index is 1.90. The van der Waals surface area contributed by atoms with Gasteiger partial charge in [-0.25, -0.2) is 0 Å². The van der Waals surface area contributed by atoms with Gasteiger partial charge in [0, 0.05) is 11.1 Å². The molecule has 1 aliphatic rings. The Morgan fingerprint density at radius 1 is 1.07 bits per heavy atom. The van der Waals surface area contributed by atoms with E-state index in [9.17, 15) is 9.59 Å². The third-order valence-electron chi connectivity index (χ3n) is 4.62. The fourth-order valence-corrected chi connectivity index (χ4v) is 3.40. The Kier molecular flexibility index (Phi) is 5.95. The first kappa shape index (κ1) is 19.4. The molecule has 2 aromatic rings. The fourth-order valence-electron chi connectivity index (χ4n) is 3.40. The molecular weight excluding hydrogens is 354 g/mol. The van der Waals surface area contributed by atoms with Gasteiger partial charge in [0.25, 0.3) is 0 Å². The molecule has 3 rings (SSSR count). The molecule has 0 spiro atoms. The Labute approximate surface area is 164 Å². The lowest BCUT2D eigenvalue weighted by molar-refractivity contribution is -0.129. The van der Waals surface area contributed by atoms with Crippen LogP contribution in [0.1, 0.15) is 37.3 Å². The lowest BCUT2D eigenvalue weighted by atomic mass is 9.87. The SMILES string of the molecule is CC(C)C[C@H](NC(=O)C1c2ccccc2Oc2ccccc21)C(=O)NCC#N. The molecule has 28 heavy (non-hydrogen) atoms. The van der Waals surface area contributed by atoms with Crippen LogP contribution in [0.25, 0.3) is 0 Å². The van der Waals surface area contributed by atoms with Gasteiger partial charge >= 0.3 is 0 Å². The number of carbonyl (C=O) groups excluding carboxylic acids is 2. The monoisotopic (exact) mass is 377 g/mol. The summed E-state index contributed by atoms with van der Waals surface area (Å²) >= 11 is 0. The summed E-state index contributed by atoms with van der Waals surface area (Å²) in [6, 6.07) is 16.0. The summed E-state index contributed by atoms with van der Waals surface area (Å²) < 4.78 is 5.93. The van der Waals surface area contributed by atoms with Crippen molar-refractivity contribution in [3.63, 3.8) is 0 Å². The zero-order valence-electron chi connectivity index (χ0n) is 15.9. The molecule has 2 amide bonds. The normalized spacial score (nSPS) is 13.5. The average Bonchev–Trinajstić information content (AvgIpc) is 2.69. The first-order valence-electron chi connectivity index (χ1n) is 9.32. The van der Waals surface area contributed by atoms with Gasteiger partial charge in [0.15, 0.2) is 0 Å². The standard InChI is InChI=1S/C22H23N3O3/c1-14(2)13-17(21(26)24-12-11-23)25-22(27)20-15-7-3-5-9-18(15)28-19-10-6-4-8-16(19)20/h3-10,14,17,20H,12-13H2,1-2H3,(H,24,26)(H,25,27)/t17-/m0/s1. The van der Waals surface area contributed by atoms with Crippen LogP contribution in [0.15, 0.2) is 48.5 Å². The predicted octanol–water partition coefficient (Wildman–Crippen LogP) is 3.09. The molecule has 0 saturated carbocycles. The maximum absolute atomic E-state index is 13.3. The van der Waals surface area contributed by atoms with Gasteiger partial charge < -0.3 is 15.4 Å². The highest BCUT2D eigenvalue weighted by atomic mass is 16.5. The highest BCUT2D eigenvalue weighted by molar-refractivity contribution is 5.93. The molecule has 0 aromatic heterocycles. The predicted molar refractivity (Wildman–Crippen MR) is 105 cm³/mol. The Morgan fingerprint density at radius 2 is 1.64 bits per heavy atom. The molecule has 0 unspecified atom stereocenters. The number of nitriles is 1. The number of rotatable bonds is 6. The van der Waals surface area contributed by atoms with Crippen molar-refractivity contribution in [3.05, 3.63) is 59.7 Å². The van der Waals surface area contributed by atoms with E-state index in [1.807, 2.05) is 68.4 Å². The summed E-state index contributed by atoms with van der Waals surface area (Å²) in [4.78, 5) is 25.7. The van der Waals surface area contributed by atoms with Crippen LogP contribution in [0.3, 0.4) is 0 Å². The second-order valence-electron chi connectivity index (χ2n) is 7.18. The van der Waals surface area contributed by atoms with E-state index in [4.69, 9.17) is 10.00 Å². The van der Waals surface area contributed by atoms with Crippen LogP contribution in [-0.2, 0) is 9.59 Å². The fraction of sp³-hybridized carbons (Fsp3) is 0.318. The zero-order chi connectivity index (χ0) is 20.1. The van der Waals surface area contributed by atoms with Gasteiger partial charge in [-0.3, -0.25) is 9.59 Å². The van der Waals surface area contributed by atoms with E-state index in [-0.39, 0.29) is 24.3 Å². The first-order chi connectivity index (χ1) is 13.5. The van der Waals surface area contributed by atoms with Crippen molar-refractivity contribution in [1.82, 2.24) is 10.6 Å². The molecule has 0 fully saturated rings.